The molecule has 4 saturated heterocycles. The fourth-order valence-electron chi connectivity index (χ4n) is 15.6. The molecule has 0 radical (unpaired) electrons. The SMILES string of the molecule is CC(C)(C)OC(=O)C1CCN(c2c(F)cncc2NC(=O)c2c(N)nn3cc(F)cnc23)CC1.CC(C)(C)OC(=O)C1CCN(c2c(N)cncc2F)CC1.Nc1nn2cc(F)cnc2c1C(=O)Nc1cncc(F)c1N1CCC(C(=O)O)CC1.Nc1nn2cc(F)cnc2c1C(=O)Nc1cncc(F)c1N1CCC(C(=O)O)CC1.Nc1nn2cc(F)cnc2c1C(=O)On1nnc2ccc(Cl)cc21. The molecule has 0 atom stereocenters. The Morgan fingerprint density at radius 3 is 1.01 bits per heavy atom. The molecule has 4 aliphatic rings. The van der Waals surface area contributed by atoms with Crippen molar-refractivity contribution in [1.82, 2.24) is 93.5 Å². The molecule has 0 saturated carbocycles. The maximum Gasteiger partial charge on any atom is 0.373 e. The van der Waals surface area contributed by atoms with E-state index in [1.807, 2.05) is 46.4 Å². The van der Waals surface area contributed by atoms with Crippen molar-refractivity contribution in [3.63, 3.8) is 0 Å². The summed E-state index contributed by atoms with van der Waals surface area (Å²) in [5.74, 6) is -12.2. The van der Waals surface area contributed by atoms with Crippen molar-refractivity contribution in [3.05, 3.63) is 191 Å². The van der Waals surface area contributed by atoms with Crippen molar-refractivity contribution in [2.45, 2.75) is 104 Å². The standard InChI is InChI=1S/C22H25F2N7O3.2C18H17F2N7O3.C15H22FN3O2.C13H7ClFN7O2/c1-22(2,3)34-21(33)12-4-6-30(7-5-12)17-14(24)9-26-10-15(17)28-20(32)16-18(25)29-31-11-13(23)8-27-19(16)31;2*19-10-5-23-16-13(15(21)25-27(16)8-10)17(28)24-12-7-22-6-11(20)14(12)26-3-1-9(2-4-26)18(29)30;1-15(2,3)21-14(20)10-4-6-19(7-5-10)13-11(16)8-18-9-12(13)17;14-6-1-2-8-9(3-6)22(20-18-8)24-13(23)10-11(16)19-21-5-7(15)4-17-12(10)21/h8-12H,4-7H2,1-3H3,(H2,25,29)(H,28,32);2*5-9H,1-4H2,(H2,21,25)(H,24,28)(H,29,30);8-10H,4-7,17H2,1-3H3;1-5H,(H2,16,19). The molecule has 53 heteroatoms. The van der Waals surface area contributed by atoms with Gasteiger partial charge in [-0.15, -0.1) is 25.5 Å². The zero-order valence-electron chi connectivity index (χ0n) is 74.6. The Balaban J connectivity index is 0.000000140. The monoisotopic (exact) mass is 1950 g/mol. The smallest absolute Gasteiger partial charge is 0.373 e. The van der Waals surface area contributed by atoms with Gasteiger partial charge in [0.2, 0.25) is 0 Å². The molecule has 13 aromatic heterocycles. The van der Waals surface area contributed by atoms with Gasteiger partial charge in [0.25, 0.3) is 17.7 Å². The molecular weight excluding hydrogens is 1860 g/mol. The summed E-state index contributed by atoms with van der Waals surface area (Å²) in [7, 11) is 0. The number of carboxylic acids is 2. The van der Waals surface area contributed by atoms with Gasteiger partial charge in [0.1, 0.15) is 56.0 Å². The number of esters is 2. The van der Waals surface area contributed by atoms with Crippen LogP contribution in [0.3, 0.4) is 0 Å². The normalized spacial score (nSPS) is 14.5. The van der Waals surface area contributed by atoms with E-state index < -0.39 is 105 Å². The molecule has 4 aliphatic heterocycles. The summed E-state index contributed by atoms with van der Waals surface area (Å²) in [4.78, 5) is 141. The molecule has 0 bridgehead atoms. The number of nitrogens with one attached hydrogen (secondary N) is 3. The first-order valence-corrected chi connectivity index (χ1v) is 43.0. The van der Waals surface area contributed by atoms with Crippen LogP contribution in [0.1, 0.15) is 134 Å². The fourth-order valence-corrected chi connectivity index (χ4v) is 15.8. The van der Waals surface area contributed by atoms with Crippen LogP contribution in [-0.4, -0.2) is 215 Å². The lowest BCUT2D eigenvalue weighted by molar-refractivity contribution is -0.161. The highest BCUT2D eigenvalue weighted by Gasteiger charge is 2.37. The van der Waals surface area contributed by atoms with Crippen molar-refractivity contribution in [1.29, 1.82) is 0 Å². The van der Waals surface area contributed by atoms with E-state index in [1.165, 1.54) is 30.9 Å². The van der Waals surface area contributed by atoms with Gasteiger partial charge in [0.05, 0.1) is 151 Å². The number of carbonyl (C=O) groups is 8. The van der Waals surface area contributed by atoms with Crippen molar-refractivity contribution in [3.8, 4) is 0 Å². The van der Waals surface area contributed by atoms with Crippen LogP contribution in [0.15, 0.2) is 117 Å². The summed E-state index contributed by atoms with van der Waals surface area (Å²) in [5, 5.41) is 49.5. The number of benzene rings is 1. The maximum atomic E-state index is 14.8. The van der Waals surface area contributed by atoms with Gasteiger partial charge in [0.15, 0.2) is 98.0 Å². The van der Waals surface area contributed by atoms with Crippen LogP contribution in [0.25, 0.3) is 33.6 Å². The van der Waals surface area contributed by atoms with Gasteiger partial charge in [0, 0.05) is 57.4 Å². The lowest BCUT2D eigenvalue weighted by Crippen LogP contribution is -2.39. The number of hydrogen-bond donors (Lipinski definition) is 10. The molecule has 4 fully saturated rings. The van der Waals surface area contributed by atoms with E-state index in [1.54, 1.807) is 26.8 Å². The number of ether oxygens (including phenoxy) is 2. The van der Waals surface area contributed by atoms with Gasteiger partial charge in [-0.25, -0.2) is 77.9 Å². The van der Waals surface area contributed by atoms with Gasteiger partial charge in [-0.1, -0.05) is 16.4 Å². The molecule has 0 spiro atoms. The van der Waals surface area contributed by atoms with E-state index in [0.717, 1.165) is 97.3 Å². The molecule has 15 N–H and O–H groups in total. The third-order valence-corrected chi connectivity index (χ3v) is 22.2. The first-order chi connectivity index (χ1) is 66.0. The molecule has 139 heavy (non-hydrogen) atoms. The number of nitrogens with two attached hydrogens (primary N) is 5. The van der Waals surface area contributed by atoms with Crippen molar-refractivity contribution in [2.24, 2.45) is 23.7 Å². The quantitative estimate of drug-likeness (QED) is 0.0244. The first-order valence-electron chi connectivity index (χ1n) is 42.6. The Morgan fingerprint density at radius 1 is 0.403 bits per heavy atom. The zero-order chi connectivity index (χ0) is 99.9. The van der Waals surface area contributed by atoms with Crippen molar-refractivity contribution >= 4 is 162 Å². The molecular formula is C86H88ClF8N31O13. The Kier molecular flexibility index (Phi) is 29.2. The van der Waals surface area contributed by atoms with Crippen LogP contribution in [0.2, 0.25) is 5.02 Å². The number of piperidine rings is 4. The molecule has 17 heterocycles. The Hall–Kier alpha value is -16.6. The van der Waals surface area contributed by atoms with Crippen LogP contribution in [0.5, 0.6) is 0 Å². The van der Waals surface area contributed by atoms with Gasteiger partial charge >= 0.3 is 29.8 Å². The molecule has 18 rings (SSSR count). The average molecular weight is 1950 g/mol. The fraction of sp³-hybridized carbons (Fsp3) is 0.326. The topological polar surface area (TPSA) is 587 Å². The molecule has 14 aromatic rings. The highest BCUT2D eigenvalue weighted by molar-refractivity contribution is 6.31. The minimum atomic E-state index is -0.883. The number of carbonyl (C=O) groups excluding carboxylic acids is 6. The summed E-state index contributed by atoms with van der Waals surface area (Å²) in [6.45, 7) is 14.1. The molecule has 728 valence electrons. The number of nitrogens with zero attached hydrogens (tertiary/aromatic N) is 23. The highest BCUT2D eigenvalue weighted by Crippen LogP contribution is 2.39. The molecule has 0 unspecified atom stereocenters. The summed E-state index contributed by atoms with van der Waals surface area (Å²) in [5.41, 5.74) is 30.0. The number of aliphatic carboxylic acids is 2. The number of pyridine rings is 4. The number of amides is 3. The number of nitrogen functional groups attached to an aromatic ring is 5. The van der Waals surface area contributed by atoms with Crippen molar-refractivity contribution in [2.75, 3.05) is 117 Å². The predicted molar refractivity (Wildman–Crippen MR) is 485 cm³/mol. The number of halogens is 9. The number of carboxylic acid groups (broad SMARTS) is 2. The number of rotatable bonds is 16. The summed E-state index contributed by atoms with van der Waals surface area (Å²) in [6.07, 6.45) is 21.1. The third-order valence-electron chi connectivity index (χ3n) is 22.0. The van der Waals surface area contributed by atoms with E-state index >= 15 is 0 Å². The first kappa shape index (κ1) is 98.4. The Bertz CT molecular complexity index is 6850. The van der Waals surface area contributed by atoms with E-state index in [9.17, 15) is 73.5 Å². The number of aromatic nitrogens is 19. The molecule has 0 aliphatic carbocycles. The lowest BCUT2D eigenvalue weighted by Gasteiger charge is -2.34. The van der Waals surface area contributed by atoms with E-state index in [4.69, 9.17) is 64.8 Å². The van der Waals surface area contributed by atoms with Crippen LogP contribution < -0.4 is 69.1 Å². The number of hydrogen-bond acceptors (Lipinski definition) is 34. The maximum absolute atomic E-state index is 14.8. The zero-order valence-corrected chi connectivity index (χ0v) is 75.3. The largest absolute Gasteiger partial charge is 0.481 e. The average Bonchev–Trinajstić information content (AvgIpc) is 1.67. The summed E-state index contributed by atoms with van der Waals surface area (Å²) in [6, 6.07) is 4.80. The lowest BCUT2D eigenvalue weighted by atomic mass is 9.96. The van der Waals surface area contributed by atoms with Crippen LogP contribution >= 0.6 is 11.6 Å². The summed E-state index contributed by atoms with van der Waals surface area (Å²) < 4.78 is 126. The van der Waals surface area contributed by atoms with E-state index in [2.05, 4.69) is 86.5 Å². The van der Waals surface area contributed by atoms with Gasteiger partial charge < -0.3 is 88.7 Å². The second-order valence-corrected chi connectivity index (χ2v) is 34.4. The van der Waals surface area contributed by atoms with E-state index in [-0.39, 0.29) is 126 Å². The van der Waals surface area contributed by atoms with Crippen molar-refractivity contribution < 1.29 is 98.0 Å². The third kappa shape index (κ3) is 22.8. The minimum Gasteiger partial charge on any atom is -0.481 e. The van der Waals surface area contributed by atoms with Crippen LogP contribution in [0.4, 0.5) is 104 Å². The summed E-state index contributed by atoms with van der Waals surface area (Å²) >= 11 is 5.91. The van der Waals surface area contributed by atoms with E-state index in [0.29, 0.717) is 131 Å². The highest BCUT2D eigenvalue weighted by atomic mass is 35.5. The second kappa shape index (κ2) is 41.3. The van der Waals surface area contributed by atoms with Gasteiger partial charge in [-0.2, -0.15) is 0 Å². The second-order valence-electron chi connectivity index (χ2n) is 33.9. The number of anilines is 12. The molecule has 1 aromatic carbocycles. The molecule has 44 nitrogen and oxygen atoms in total. The van der Waals surface area contributed by atoms with Gasteiger partial charge in [-0.3, -0.25) is 53.5 Å². The Labute approximate surface area is 785 Å². The molecule has 3 amide bonds. The van der Waals surface area contributed by atoms with Gasteiger partial charge in [-0.05, 0) is 116 Å². The minimum absolute atomic E-state index is 0.0413. The van der Waals surface area contributed by atoms with Crippen LogP contribution in [0, 0.1) is 70.2 Å². The number of fused-ring (bicyclic) bond motifs is 5. The predicted octanol–water partition coefficient (Wildman–Crippen LogP) is 9.35. The van der Waals surface area contributed by atoms with Crippen LogP contribution in [-0.2, 0) is 28.7 Å². The Morgan fingerprint density at radius 2 is 0.698 bits per heavy atom.